The van der Waals surface area contributed by atoms with E-state index in [4.69, 9.17) is 0 Å². The van der Waals surface area contributed by atoms with Crippen molar-refractivity contribution >= 4 is 5.97 Å². The summed E-state index contributed by atoms with van der Waals surface area (Å²) in [6.45, 7) is 6.41. The Balaban J connectivity index is 2.73. The molecule has 0 amide bonds. The molecule has 106 valence electrons. The van der Waals surface area contributed by atoms with Crippen molar-refractivity contribution in [2.24, 2.45) is 17.8 Å². The van der Waals surface area contributed by atoms with Crippen LogP contribution in [-0.4, -0.2) is 21.8 Å². The zero-order valence-corrected chi connectivity index (χ0v) is 12.0. The van der Waals surface area contributed by atoms with Crippen LogP contribution in [0.4, 0.5) is 0 Å². The summed E-state index contributed by atoms with van der Waals surface area (Å²) in [4.78, 5) is 11.4. The maximum Gasteiger partial charge on any atom is 0.335 e. The van der Waals surface area contributed by atoms with Crippen LogP contribution in [0.1, 0.15) is 65.7 Å². The van der Waals surface area contributed by atoms with Gasteiger partial charge in [-0.2, -0.15) is 0 Å². The molecule has 3 nitrogen and oxygen atoms in total. The summed E-state index contributed by atoms with van der Waals surface area (Å²) in [6, 6.07) is 0. The summed E-state index contributed by atoms with van der Waals surface area (Å²) in [6.07, 6.45) is 6.08. The first-order valence-electron chi connectivity index (χ1n) is 7.37. The van der Waals surface area contributed by atoms with Gasteiger partial charge in [0.1, 0.15) is 0 Å². The molecule has 1 aliphatic rings. The van der Waals surface area contributed by atoms with E-state index in [-0.39, 0.29) is 5.92 Å². The largest absolute Gasteiger partial charge is 0.479 e. The molecule has 0 bridgehead atoms. The van der Waals surface area contributed by atoms with Crippen LogP contribution < -0.4 is 0 Å². The highest BCUT2D eigenvalue weighted by Crippen LogP contribution is 2.38. The third kappa shape index (κ3) is 3.47. The van der Waals surface area contributed by atoms with Gasteiger partial charge in [0.05, 0.1) is 0 Å². The van der Waals surface area contributed by atoms with Crippen molar-refractivity contribution < 1.29 is 15.0 Å². The van der Waals surface area contributed by atoms with Gasteiger partial charge in [0.25, 0.3) is 0 Å². The molecule has 0 aromatic heterocycles. The Bertz CT molecular complexity index is 275. The van der Waals surface area contributed by atoms with Crippen molar-refractivity contribution in [2.75, 3.05) is 0 Å². The minimum absolute atomic E-state index is 0.0706. The maximum atomic E-state index is 11.4. The lowest BCUT2D eigenvalue weighted by Crippen LogP contribution is -2.45. The molecule has 0 spiro atoms. The summed E-state index contributed by atoms with van der Waals surface area (Å²) >= 11 is 0. The van der Waals surface area contributed by atoms with E-state index >= 15 is 0 Å². The fraction of sp³-hybridized carbons (Fsp3) is 0.933. The number of hydrogen-bond acceptors (Lipinski definition) is 2. The molecule has 0 saturated heterocycles. The molecule has 1 aliphatic carbocycles. The van der Waals surface area contributed by atoms with E-state index in [1.54, 1.807) is 0 Å². The Morgan fingerprint density at radius 1 is 1.28 bits per heavy atom. The van der Waals surface area contributed by atoms with Gasteiger partial charge in [-0.05, 0) is 43.4 Å². The molecule has 1 fully saturated rings. The summed E-state index contributed by atoms with van der Waals surface area (Å²) in [7, 11) is 0. The van der Waals surface area contributed by atoms with Crippen LogP contribution in [0.5, 0.6) is 0 Å². The number of carboxylic acids is 1. The molecular weight excluding hydrogens is 228 g/mol. The molecule has 0 aliphatic heterocycles. The molecular formula is C15H28O3. The highest BCUT2D eigenvalue weighted by molar-refractivity contribution is 5.77. The molecule has 3 atom stereocenters. The molecule has 2 N–H and O–H groups in total. The van der Waals surface area contributed by atoms with Crippen LogP contribution in [0, 0.1) is 17.8 Å². The highest BCUT2D eigenvalue weighted by Gasteiger charge is 2.43. The van der Waals surface area contributed by atoms with Gasteiger partial charge in [0.2, 0.25) is 0 Å². The number of carbonyl (C=O) groups is 1. The Kier molecular flexibility index (Phi) is 5.64. The van der Waals surface area contributed by atoms with Crippen molar-refractivity contribution in [3.63, 3.8) is 0 Å². The first-order chi connectivity index (χ1) is 8.41. The Labute approximate surface area is 111 Å². The van der Waals surface area contributed by atoms with Crippen LogP contribution in [0.15, 0.2) is 0 Å². The summed E-state index contributed by atoms with van der Waals surface area (Å²) in [5.74, 6) is 0.249. The fourth-order valence-electron chi connectivity index (χ4n) is 3.34. The third-order valence-corrected chi connectivity index (χ3v) is 4.63. The van der Waals surface area contributed by atoms with Crippen molar-refractivity contribution in [3.05, 3.63) is 0 Å². The minimum atomic E-state index is -1.50. The lowest BCUT2D eigenvalue weighted by atomic mass is 9.78. The second-order valence-electron chi connectivity index (χ2n) is 6.19. The standard InChI is InChI=1S/C15H28O3/c1-4-10-15(18,14(16)17)13-7-5-6-12(8-9-13)11(2)3/h11-13,18H,4-10H2,1-3H3,(H,16,17). The Morgan fingerprint density at radius 2 is 1.94 bits per heavy atom. The van der Waals surface area contributed by atoms with Gasteiger partial charge in [0, 0.05) is 0 Å². The van der Waals surface area contributed by atoms with Crippen LogP contribution in [0.3, 0.4) is 0 Å². The van der Waals surface area contributed by atoms with E-state index in [0.717, 1.165) is 25.7 Å². The summed E-state index contributed by atoms with van der Waals surface area (Å²) in [5, 5.41) is 19.8. The van der Waals surface area contributed by atoms with Gasteiger partial charge in [-0.3, -0.25) is 0 Å². The lowest BCUT2D eigenvalue weighted by Gasteiger charge is -2.32. The van der Waals surface area contributed by atoms with Crippen LogP contribution in [0.25, 0.3) is 0 Å². The lowest BCUT2D eigenvalue weighted by molar-refractivity contribution is -0.167. The molecule has 1 rings (SSSR count). The van der Waals surface area contributed by atoms with Crippen molar-refractivity contribution in [3.8, 4) is 0 Å². The molecule has 3 unspecified atom stereocenters. The smallest absolute Gasteiger partial charge is 0.335 e. The van der Waals surface area contributed by atoms with E-state index in [2.05, 4.69) is 13.8 Å². The number of aliphatic hydroxyl groups is 1. The van der Waals surface area contributed by atoms with Crippen molar-refractivity contribution in [2.45, 2.75) is 71.3 Å². The van der Waals surface area contributed by atoms with E-state index in [9.17, 15) is 15.0 Å². The van der Waals surface area contributed by atoms with E-state index in [1.807, 2.05) is 6.92 Å². The van der Waals surface area contributed by atoms with Crippen LogP contribution >= 0.6 is 0 Å². The quantitative estimate of drug-likeness (QED) is 0.741. The monoisotopic (exact) mass is 256 g/mol. The Morgan fingerprint density at radius 3 is 2.44 bits per heavy atom. The van der Waals surface area contributed by atoms with E-state index in [1.165, 1.54) is 6.42 Å². The number of rotatable bonds is 5. The fourth-order valence-corrected chi connectivity index (χ4v) is 3.34. The van der Waals surface area contributed by atoms with Gasteiger partial charge in [-0.25, -0.2) is 4.79 Å². The second-order valence-corrected chi connectivity index (χ2v) is 6.19. The Hall–Kier alpha value is -0.570. The first-order valence-corrected chi connectivity index (χ1v) is 7.37. The first kappa shape index (κ1) is 15.5. The van der Waals surface area contributed by atoms with Gasteiger partial charge in [-0.15, -0.1) is 0 Å². The molecule has 0 radical (unpaired) electrons. The minimum Gasteiger partial charge on any atom is -0.479 e. The second kappa shape index (κ2) is 6.55. The average molecular weight is 256 g/mol. The molecule has 0 aromatic rings. The van der Waals surface area contributed by atoms with Crippen LogP contribution in [0.2, 0.25) is 0 Å². The molecule has 0 heterocycles. The number of aliphatic carboxylic acids is 1. The summed E-state index contributed by atoms with van der Waals surface area (Å²) in [5.41, 5.74) is -1.50. The van der Waals surface area contributed by atoms with E-state index in [0.29, 0.717) is 24.7 Å². The van der Waals surface area contributed by atoms with Crippen LogP contribution in [-0.2, 0) is 4.79 Å². The summed E-state index contributed by atoms with van der Waals surface area (Å²) < 4.78 is 0. The SMILES string of the molecule is CCCC(O)(C(=O)O)C1CCCC(C(C)C)CC1. The molecule has 1 saturated carbocycles. The zero-order chi connectivity index (χ0) is 13.8. The van der Waals surface area contributed by atoms with Gasteiger partial charge < -0.3 is 10.2 Å². The van der Waals surface area contributed by atoms with Crippen molar-refractivity contribution in [1.29, 1.82) is 0 Å². The zero-order valence-electron chi connectivity index (χ0n) is 12.0. The number of carboxylic acid groups (broad SMARTS) is 1. The highest BCUT2D eigenvalue weighted by atomic mass is 16.4. The van der Waals surface area contributed by atoms with Gasteiger partial charge >= 0.3 is 5.97 Å². The molecule has 3 heteroatoms. The molecule has 18 heavy (non-hydrogen) atoms. The topological polar surface area (TPSA) is 57.5 Å². The van der Waals surface area contributed by atoms with Crippen molar-refractivity contribution in [1.82, 2.24) is 0 Å². The average Bonchev–Trinajstić information content (AvgIpc) is 2.54. The maximum absolute atomic E-state index is 11.4. The number of hydrogen-bond donors (Lipinski definition) is 2. The third-order valence-electron chi connectivity index (χ3n) is 4.63. The van der Waals surface area contributed by atoms with E-state index < -0.39 is 11.6 Å². The van der Waals surface area contributed by atoms with Gasteiger partial charge in [0.15, 0.2) is 5.60 Å². The normalized spacial score (nSPS) is 28.7. The predicted molar refractivity (Wildman–Crippen MR) is 72.4 cm³/mol. The molecule has 0 aromatic carbocycles. The van der Waals surface area contributed by atoms with Gasteiger partial charge in [-0.1, -0.05) is 40.0 Å². The predicted octanol–water partition coefficient (Wildman–Crippen LogP) is 3.45.